The summed E-state index contributed by atoms with van der Waals surface area (Å²) in [6, 6.07) is 41.5. The summed E-state index contributed by atoms with van der Waals surface area (Å²) in [6.07, 6.45) is 0.968. The van der Waals surface area contributed by atoms with Crippen molar-refractivity contribution >= 4 is 36.2 Å². The Morgan fingerprint density at radius 3 is 1.48 bits per heavy atom. The SMILES string of the molecule is CO.Cl.c1ccc(Cc2ccccc2P(c2ccccc2)c2ccccc2)cc1. The van der Waals surface area contributed by atoms with Gasteiger partial charge in [-0.15, -0.1) is 12.4 Å². The smallest absolute Gasteiger partial charge is 0.0319 e. The summed E-state index contributed by atoms with van der Waals surface area (Å²) in [5.41, 5.74) is 2.77. The molecule has 0 bridgehead atoms. The van der Waals surface area contributed by atoms with Crippen LogP contribution < -0.4 is 15.9 Å². The van der Waals surface area contributed by atoms with E-state index < -0.39 is 7.92 Å². The highest BCUT2D eigenvalue weighted by Crippen LogP contribution is 2.34. The van der Waals surface area contributed by atoms with Crippen LogP contribution in [-0.2, 0) is 6.42 Å². The largest absolute Gasteiger partial charge is 0.400 e. The Morgan fingerprint density at radius 2 is 0.966 bits per heavy atom. The summed E-state index contributed by atoms with van der Waals surface area (Å²) in [4.78, 5) is 0. The van der Waals surface area contributed by atoms with E-state index in [9.17, 15) is 0 Å². The van der Waals surface area contributed by atoms with E-state index in [1.165, 1.54) is 27.0 Å². The molecule has 3 heteroatoms. The van der Waals surface area contributed by atoms with Gasteiger partial charge in [-0.05, 0) is 41.4 Å². The molecule has 29 heavy (non-hydrogen) atoms. The van der Waals surface area contributed by atoms with Gasteiger partial charge in [-0.25, -0.2) is 0 Å². The molecule has 4 rings (SSSR count). The topological polar surface area (TPSA) is 20.2 Å². The van der Waals surface area contributed by atoms with E-state index in [1.54, 1.807) is 0 Å². The first kappa shape index (κ1) is 22.8. The van der Waals surface area contributed by atoms with Crippen LogP contribution in [0.1, 0.15) is 11.1 Å². The van der Waals surface area contributed by atoms with Gasteiger partial charge in [0.2, 0.25) is 0 Å². The van der Waals surface area contributed by atoms with Gasteiger partial charge in [0.25, 0.3) is 0 Å². The van der Waals surface area contributed by atoms with Crippen LogP contribution in [0.15, 0.2) is 115 Å². The van der Waals surface area contributed by atoms with E-state index in [1.807, 2.05) is 0 Å². The van der Waals surface area contributed by atoms with Gasteiger partial charge < -0.3 is 5.11 Å². The molecule has 1 N–H and O–H groups in total. The molecule has 0 fully saturated rings. The molecular formula is C26H26ClOP. The van der Waals surface area contributed by atoms with Gasteiger partial charge >= 0.3 is 0 Å². The molecule has 0 aromatic heterocycles. The predicted molar refractivity (Wildman–Crippen MR) is 130 cm³/mol. The van der Waals surface area contributed by atoms with Crippen LogP contribution in [0.5, 0.6) is 0 Å². The van der Waals surface area contributed by atoms with E-state index in [4.69, 9.17) is 5.11 Å². The van der Waals surface area contributed by atoms with Crippen LogP contribution in [0.3, 0.4) is 0 Å². The zero-order valence-electron chi connectivity index (χ0n) is 16.5. The van der Waals surface area contributed by atoms with E-state index in [0.29, 0.717) is 0 Å². The number of hydrogen-bond acceptors (Lipinski definition) is 1. The Bertz CT molecular complexity index is 920. The molecular weight excluding hydrogens is 395 g/mol. The minimum atomic E-state index is -0.563. The summed E-state index contributed by atoms with van der Waals surface area (Å²) in [6.45, 7) is 0. The van der Waals surface area contributed by atoms with E-state index in [-0.39, 0.29) is 12.4 Å². The minimum Gasteiger partial charge on any atom is -0.400 e. The average molecular weight is 421 g/mol. The monoisotopic (exact) mass is 420 g/mol. The van der Waals surface area contributed by atoms with Crippen LogP contribution in [0.4, 0.5) is 0 Å². The van der Waals surface area contributed by atoms with Crippen LogP contribution in [0.2, 0.25) is 0 Å². The third kappa shape index (κ3) is 6.02. The Morgan fingerprint density at radius 1 is 0.552 bits per heavy atom. The van der Waals surface area contributed by atoms with Gasteiger partial charge in [-0.2, -0.15) is 0 Å². The van der Waals surface area contributed by atoms with Crippen molar-refractivity contribution in [1.29, 1.82) is 0 Å². The second-order valence-corrected chi connectivity index (χ2v) is 8.48. The standard InChI is InChI=1S/C25H21P.CH4O.ClH/c1-4-12-21(13-5-1)20-22-14-10-11-19-25(22)26(23-15-6-2-7-16-23)24-17-8-3-9-18-24;1-2;/h1-19H,20H2;2H,1H3;1H. The Balaban J connectivity index is 0.000000970. The molecule has 0 atom stereocenters. The highest BCUT2D eigenvalue weighted by atomic mass is 35.5. The molecule has 0 aliphatic heterocycles. The van der Waals surface area contributed by atoms with Crippen molar-refractivity contribution in [3.05, 3.63) is 126 Å². The maximum Gasteiger partial charge on any atom is 0.0319 e. The molecule has 0 unspecified atom stereocenters. The van der Waals surface area contributed by atoms with Gasteiger partial charge in [0, 0.05) is 7.11 Å². The van der Waals surface area contributed by atoms with Gasteiger partial charge in [0.1, 0.15) is 0 Å². The third-order valence-corrected chi connectivity index (χ3v) is 7.05. The second kappa shape index (κ2) is 12.2. The Kier molecular flexibility index (Phi) is 9.60. The first-order chi connectivity index (χ1) is 13.9. The van der Waals surface area contributed by atoms with Crippen LogP contribution in [0, 0.1) is 0 Å². The molecule has 4 aromatic carbocycles. The number of hydrogen-bond donors (Lipinski definition) is 1. The van der Waals surface area contributed by atoms with Gasteiger partial charge in [0.15, 0.2) is 0 Å². The molecule has 0 aliphatic carbocycles. The van der Waals surface area contributed by atoms with Gasteiger partial charge in [-0.3, -0.25) is 0 Å². The summed E-state index contributed by atoms with van der Waals surface area (Å²) in [7, 11) is 0.437. The Labute approximate surface area is 181 Å². The van der Waals surface area contributed by atoms with Gasteiger partial charge in [-0.1, -0.05) is 115 Å². The van der Waals surface area contributed by atoms with E-state index >= 15 is 0 Å². The highest BCUT2D eigenvalue weighted by Gasteiger charge is 2.19. The number of aliphatic hydroxyl groups is 1. The van der Waals surface area contributed by atoms with Crippen molar-refractivity contribution < 1.29 is 5.11 Å². The van der Waals surface area contributed by atoms with Crippen LogP contribution in [-0.4, -0.2) is 12.2 Å². The quantitative estimate of drug-likeness (QED) is 0.447. The number of aliphatic hydroxyl groups excluding tert-OH is 1. The zero-order valence-corrected chi connectivity index (χ0v) is 18.2. The third-order valence-electron chi connectivity index (χ3n) is 4.50. The molecule has 0 aliphatic rings. The second-order valence-electron chi connectivity index (χ2n) is 6.30. The molecule has 148 valence electrons. The lowest BCUT2D eigenvalue weighted by atomic mass is 10.1. The van der Waals surface area contributed by atoms with Crippen molar-refractivity contribution in [3.8, 4) is 0 Å². The molecule has 0 saturated carbocycles. The molecule has 4 aromatic rings. The lowest BCUT2D eigenvalue weighted by Crippen LogP contribution is -2.23. The predicted octanol–water partition coefficient (Wildman–Crippen LogP) is 5.07. The van der Waals surface area contributed by atoms with E-state index in [2.05, 4.69) is 115 Å². The molecule has 0 amide bonds. The van der Waals surface area contributed by atoms with Crippen molar-refractivity contribution in [3.63, 3.8) is 0 Å². The van der Waals surface area contributed by atoms with Crippen LogP contribution in [0.25, 0.3) is 0 Å². The maximum absolute atomic E-state index is 7.00. The fourth-order valence-corrected chi connectivity index (χ4v) is 5.75. The first-order valence-electron chi connectivity index (χ1n) is 9.38. The average Bonchev–Trinajstić information content (AvgIpc) is 2.79. The van der Waals surface area contributed by atoms with Crippen molar-refractivity contribution in [2.75, 3.05) is 7.11 Å². The molecule has 0 spiro atoms. The van der Waals surface area contributed by atoms with Crippen molar-refractivity contribution in [2.24, 2.45) is 0 Å². The van der Waals surface area contributed by atoms with Crippen molar-refractivity contribution in [1.82, 2.24) is 0 Å². The van der Waals surface area contributed by atoms with E-state index in [0.717, 1.165) is 13.5 Å². The lowest BCUT2D eigenvalue weighted by molar-refractivity contribution is 0.399. The molecule has 1 nitrogen and oxygen atoms in total. The number of rotatable bonds is 5. The van der Waals surface area contributed by atoms with Crippen molar-refractivity contribution in [2.45, 2.75) is 6.42 Å². The number of halogens is 1. The molecule has 0 radical (unpaired) electrons. The molecule has 0 saturated heterocycles. The maximum atomic E-state index is 7.00. The van der Waals surface area contributed by atoms with Gasteiger partial charge in [0.05, 0.1) is 0 Å². The number of benzene rings is 4. The fourth-order valence-electron chi connectivity index (χ4n) is 3.28. The zero-order chi connectivity index (χ0) is 19.6. The fraction of sp³-hybridized carbons (Fsp3) is 0.0769. The molecule has 0 heterocycles. The lowest BCUT2D eigenvalue weighted by Gasteiger charge is -2.22. The van der Waals surface area contributed by atoms with Crippen LogP contribution >= 0.6 is 20.3 Å². The summed E-state index contributed by atoms with van der Waals surface area (Å²) < 4.78 is 0. The Hall–Kier alpha value is -2.44. The first-order valence-corrected chi connectivity index (χ1v) is 10.7. The summed E-state index contributed by atoms with van der Waals surface area (Å²) in [5, 5.41) is 11.2. The summed E-state index contributed by atoms with van der Waals surface area (Å²) >= 11 is 0. The highest BCUT2D eigenvalue weighted by molar-refractivity contribution is 7.79. The summed E-state index contributed by atoms with van der Waals surface area (Å²) in [5.74, 6) is 0. The normalized spacial score (nSPS) is 9.90. The minimum absolute atomic E-state index is 0.